The lowest BCUT2D eigenvalue weighted by Gasteiger charge is -2.34. The van der Waals surface area contributed by atoms with Crippen LogP contribution in [0.4, 0.5) is 13.2 Å². The summed E-state index contributed by atoms with van der Waals surface area (Å²) in [4.78, 5) is 6.75. The van der Waals surface area contributed by atoms with Crippen LogP contribution in [0, 0.1) is 0 Å². The highest BCUT2D eigenvalue weighted by Crippen LogP contribution is 2.16. The van der Waals surface area contributed by atoms with Crippen molar-refractivity contribution >= 4 is 0 Å². The van der Waals surface area contributed by atoms with Gasteiger partial charge in [-0.2, -0.15) is 18.7 Å². The number of nitrogens with zero attached hydrogens (tertiary/aromatic N) is 1. The van der Waals surface area contributed by atoms with Gasteiger partial charge >= 0.3 is 6.18 Å². The highest BCUT2D eigenvalue weighted by molar-refractivity contribution is 4.76. The van der Waals surface area contributed by atoms with E-state index in [-0.39, 0.29) is 6.04 Å². The average molecular weight is 240 g/mol. The predicted molar refractivity (Wildman–Crippen MR) is 54.9 cm³/mol. The molecule has 0 unspecified atom stereocenters. The van der Waals surface area contributed by atoms with Crippen molar-refractivity contribution in [1.29, 1.82) is 0 Å². The van der Waals surface area contributed by atoms with Gasteiger partial charge in [-0.1, -0.05) is 0 Å². The fourth-order valence-electron chi connectivity index (χ4n) is 1.78. The number of piperidine rings is 1. The van der Waals surface area contributed by atoms with E-state index in [4.69, 9.17) is 0 Å². The first kappa shape index (κ1) is 13.7. The summed E-state index contributed by atoms with van der Waals surface area (Å²) in [6.45, 7) is 4.83. The molecule has 1 heterocycles. The molecule has 0 aromatic heterocycles. The molecule has 0 bridgehead atoms. The monoisotopic (exact) mass is 240 g/mol. The molecule has 0 saturated carbocycles. The molecule has 0 aromatic rings. The van der Waals surface area contributed by atoms with Crippen LogP contribution in [0.3, 0.4) is 0 Å². The number of nitrogens with one attached hydrogen (secondary N) is 1. The molecule has 1 rings (SSSR count). The predicted octanol–water partition coefficient (Wildman–Crippen LogP) is 1.94. The van der Waals surface area contributed by atoms with E-state index in [0.717, 1.165) is 25.9 Å². The molecule has 1 fully saturated rings. The van der Waals surface area contributed by atoms with Crippen molar-refractivity contribution in [2.24, 2.45) is 0 Å². The fraction of sp³-hybridized carbons (Fsp3) is 1.00. The third-order valence-electron chi connectivity index (χ3n) is 2.75. The van der Waals surface area contributed by atoms with Crippen LogP contribution in [0.2, 0.25) is 0 Å². The molecule has 0 aliphatic carbocycles. The van der Waals surface area contributed by atoms with Crippen molar-refractivity contribution in [3.05, 3.63) is 0 Å². The first-order valence-electron chi connectivity index (χ1n) is 5.56. The highest BCUT2D eigenvalue weighted by atomic mass is 19.4. The number of hydroxylamine groups is 1. The van der Waals surface area contributed by atoms with Gasteiger partial charge in [-0.3, -0.25) is 4.84 Å². The third kappa shape index (κ3) is 5.14. The zero-order chi connectivity index (χ0) is 12.2. The van der Waals surface area contributed by atoms with E-state index in [1.165, 1.54) is 0 Å². The minimum absolute atomic E-state index is 0.0392. The molecule has 1 aliphatic heterocycles. The maximum Gasteiger partial charge on any atom is 0.413 e. The smallest absolute Gasteiger partial charge is 0.301 e. The second-order valence-electron chi connectivity index (χ2n) is 4.43. The second-order valence-corrected chi connectivity index (χ2v) is 4.43. The van der Waals surface area contributed by atoms with Crippen molar-refractivity contribution in [2.45, 2.75) is 44.9 Å². The molecule has 1 aliphatic rings. The Kier molecular flexibility index (Phi) is 5.01. The van der Waals surface area contributed by atoms with Crippen molar-refractivity contribution in [2.75, 3.05) is 19.7 Å². The lowest BCUT2D eigenvalue weighted by molar-refractivity contribution is -0.194. The van der Waals surface area contributed by atoms with Crippen molar-refractivity contribution in [3.63, 3.8) is 0 Å². The van der Waals surface area contributed by atoms with E-state index in [0.29, 0.717) is 6.04 Å². The van der Waals surface area contributed by atoms with Gasteiger partial charge in [0.05, 0.1) is 0 Å². The van der Waals surface area contributed by atoms with E-state index in [2.05, 4.69) is 29.1 Å². The van der Waals surface area contributed by atoms with E-state index in [1.54, 1.807) is 0 Å². The first-order chi connectivity index (χ1) is 7.38. The summed E-state index contributed by atoms with van der Waals surface area (Å²) in [5.74, 6) is 0. The molecule has 0 amide bonds. The Bertz CT molecular complexity index is 201. The number of hydrogen-bond acceptors (Lipinski definition) is 3. The van der Waals surface area contributed by atoms with Gasteiger partial charge in [-0.25, -0.2) is 0 Å². The van der Waals surface area contributed by atoms with Crippen molar-refractivity contribution in [1.82, 2.24) is 10.4 Å². The van der Waals surface area contributed by atoms with Crippen LogP contribution in [0.1, 0.15) is 26.7 Å². The number of rotatable bonds is 4. The van der Waals surface area contributed by atoms with Gasteiger partial charge in [0.2, 0.25) is 0 Å². The minimum atomic E-state index is -4.26. The quantitative estimate of drug-likeness (QED) is 0.760. The van der Waals surface area contributed by atoms with Gasteiger partial charge in [0, 0.05) is 12.1 Å². The van der Waals surface area contributed by atoms with Gasteiger partial charge in [-0.15, -0.1) is 0 Å². The summed E-state index contributed by atoms with van der Waals surface area (Å²) in [6.07, 6.45) is -2.60. The van der Waals surface area contributed by atoms with Crippen LogP contribution in [0.5, 0.6) is 0 Å². The molecule has 0 atom stereocenters. The van der Waals surface area contributed by atoms with Crippen LogP contribution < -0.4 is 5.48 Å². The topological polar surface area (TPSA) is 24.5 Å². The number of hydrogen-bond donors (Lipinski definition) is 1. The Labute approximate surface area is 93.9 Å². The average Bonchev–Trinajstić information content (AvgIpc) is 2.16. The molecular weight excluding hydrogens is 221 g/mol. The fourth-order valence-corrected chi connectivity index (χ4v) is 1.78. The largest absolute Gasteiger partial charge is 0.413 e. The zero-order valence-corrected chi connectivity index (χ0v) is 9.68. The van der Waals surface area contributed by atoms with Crippen molar-refractivity contribution < 1.29 is 18.0 Å². The first-order valence-corrected chi connectivity index (χ1v) is 5.56. The highest BCUT2D eigenvalue weighted by Gasteiger charge is 2.29. The van der Waals surface area contributed by atoms with Crippen LogP contribution in [0.15, 0.2) is 0 Å². The molecule has 6 heteroatoms. The summed E-state index contributed by atoms with van der Waals surface area (Å²) in [5, 5.41) is 0. The lowest BCUT2D eigenvalue weighted by Crippen LogP contribution is -2.45. The summed E-state index contributed by atoms with van der Waals surface area (Å²) >= 11 is 0. The number of likely N-dealkylation sites (tertiary alicyclic amines) is 1. The Morgan fingerprint density at radius 2 is 1.88 bits per heavy atom. The Morgan fingerprint density at radius 3 is 2.31 bits per heavy atom. The number of halogens is 3. The summed E-state index contributed by atoms with van der Waals surface area (Å²) in [6, 6.07) is 0.536. The molecule has 1 saturated heterocycles. The number of alkyl halides is 3. The van der Waals surface area contributed by atoms with Crippen molar-refractivity contribution in [3.8, 4) is 0 Å². The molecule has 0 radical (unpaired) electrons. The zero-order valence-electron chi connectivity index (χ0n) is 9.68. The van der Waals surface area contributed by atoms with E-state index < -0.39 is 12.8 Å². The van der Waals surface area contributed by atoms with Crippen LogP contribution in [-0.4, -0.2) is 42.9 Å². The Balaban J connectivity index is 2.13. The molecule has 16 heavy (non-hydrogen) atoms. The second kappa shape index (κ2) is 5.84. The van der Waals surface area contributed by atoms with E-state index in [9.17, 15) is 13.2 Å². The molecule has 96 valence electrons. The van der Waals surface area contributed by atoms with Crippen LogP contribution in [-0.2, 0) is 4.84 Å². The van der Waals surface area contributed by atoms with E-state index in [1.807, 2.05) is 0 Å². The molecule has 0 aromatic carbocycles. The van der Waals surface area contributed by atoms with Gasteiger partial charge in [0.1, 0.15) is 0 Å². The van der Waals surface area contributed by atoms with Gasteiger partial charge in [0.15, 0.2) is 6.61 Å². The Hall–Kier alpha value is -0.330. The normalized spacial score (nSPS) is 20.6. The summed E-state index contributed by atoms with van der Waals surface area (Å²) < 4.78 is 35.4. The Morgan fingerprint density at radius 1 is 1.31 bits per heavy atom. The summed E-state index contributed by atoms with van der Waals surface area (Å²) in [5.41, 5.74) is 2.49. The summed E-state index contributed by atoms with van der Waals surface area (Å²) in [7, 11) is 0. The molecule has 1 N–H and O–H groups in total. The van der Waals surface area contributed by atoms with E-state index >= 15 is 0 Å². The minimum Gasteiger partial charge on any atom is -0.301 e. The van der Waals surface area contributed by atoms with Gasteiger partial charge in [0.25, 0.3) is 0 Å². The SMILES string of the molecule is CC(C)N1CCC(NOCC(F)(F)F)CC1. The maximum absolute atomic E-state index is 11.8. The maximum atomic E-state index is 11.8. The third-order valence-corrected chi connectivity index (χ3v) is 2.75. The molecular formula is C10H19F3N2O. The van der Waals surface area contributed by atoms with Gasteiger partial charge < -0.3 is 4.90 Å². The van der Waals surface area contributed by atoms with Gasteiger partial charge in [-0.05, 0) is 39.8 Å². The standard InChI is InChI=1S/C10H19F3N2O/c1-8(2)15-5-3-9(4-6-15)14-16-7-10(11,12)13/h8-9,14H,3-7H2,1-2H3. The lowest BCUT2D eigenvalue weighted by atomic mass is 10.0. The molecule has 0 spiro atoms. The van der Waals surface area contributed by atoms with Crippen LogP contribution in [0.25, 0.3) is 0 Å². The molecule has 3 nitrogen and oxygen atoms in total. The van der Waals surface area contributed by atoms with Crippen LogP contribution >= 0.6 is 0 Å².